The molecule has 0 spiro atoms. The fourth-order valence-electron chi connectivity index (χ4n) is 2.25. The maximum atomic E-state index is 8.36. The van der Waals surface area contributed by atoms with E-state index in [2.05, 4.69) is 28.0 Å². The Bertz CT molecular complexity index is 631. The van der Waals surface area contributed by atoms with Gasteiger partial charge in [0.1, 0.15) is 5.82 Å². The van der Waals surface area contributed by atoms with Gasteiger partial charge in [-0.1, -0.05) is 6.07 Å². The zero-order valence-corrected chi connectivity index (χ0v) is 12.0. The molecule has 21 heavy (non-hydrogen) atoms. The second-order valence-corrected chi connectivity index (χ2v) is 4.55. The summed E-state index contributed by atoms with van der Waals surface area (Å²) in [6, 6.07) is 7.94. The Labute approximate surface area is 123 Å². The van der Waals surface area contributed by atoms with Gasteiger partial charge in [0.25, 0.3) is 6.47 Å². The summed E-state index contributed by atoms with van der Waals surface area (Å²) in [6.07, 6.45) is 2.93. The van der Waals surface area contributed by atoms with E-state index in [0.717, 1.165) is 30.0 Å². The van der Waals surface area contributed by atoms with Gasteiger partial charge in [0.05, 0.1) is 12.8 Å². The Hall–Kier alpha value is -2.63. The Morgan fingerprint density at radius 3 is 2.90 bits per heavy atom. The molecule has 3 heterocycles. The number of fused-ring (bicyclic) bond motifs is 1. The fraction of sp³-hybridized carbons (Fsp3) is 0.267. The minimum atomic E-state index is -0.250. The van der Waals surface area contributed by atoms with Crippen LogP contribution in [0.2, 0.25) is 0 Å². The van der Waals surface area contributed by atoms with Crippen molar-refractivity contribution in [2.75, 3.05) is 25.6 Å². The zero-order chi connectivity index (χ0) is 15.2. The van der Waals surface area contributed by atoms with E-state index < -0.39 is 0 Å². The number of pyridine rings is 2. The van der Waals surface area contributed by atoms with Crippen LogP contribution >= 0.6 is 0 Å². The molecule has 0 saturated heterocycles. The molecular weight excluding hydrogens is 270 g/mol. The molecule has 3 rings (SSSR count). The van der Waals surface area contributed by atoms with E-state index in [1.54, 1.807) is 7.11 Å². The number of anilines is 1. The van der Waals surface area contributed by atoms with Gasteiger partial charge < -0.3 is 14.7 Å². The Kier molecular flexibility index (Phi) is 4.71. The number of aromatic nitrogens is 2. The van der Waals surface area contributed by atoms with Gasteiger partial charge in [0, 0.05) is 31.4 Å². The average molecular weight is 287 g/mol. The van der Waals surface area contributed by atoms with Crippen molar-refractivity contribution in [3.63, 3.8) is 0 Å². The molecule has 1 N–H and O–H groups in total. The van der Waals surface area contributed by atoms with E-state index in [1.807, 2.05) is 24.4 Å². The maximum absolute atomic E-state index is 8.36. The van der Waals surface area contributed by atoms with Crippen molar-refractivity contribution in [3.05, 3.63) is 36.0 Å². The first kappa shape index (κ1) is 14.8. The highest BCUT2D eigenvalue weighted by Gasteiger charge is 2.17. The number of ether oxygens (including phenoxy) is 1. The van der Waals surface area contributed by atoms with Crippen LogP contribution in [-0.2, 0) is 11.2 Å². The lowest BCUT2D eigenvalue weighted by Crippen LogP contribution is -2.13. The van der Waals surface area contributed by atoms with Crippen LogP contribution < -0.4 is 9.64 Å². The van der Waals surface area contributed by atoms with Crippen molar-refractivity contribution >= 4 is 12.3 Å². The zero-order valence-electron chi connectivity index (χ0n) is 12.0. The van der Waals surface area contributed by atoms with Crippen LogP contribution in [0.3, 0.4) is 0 Å². The number of hydrogen-bond acceptors (Lipinski definition) is 5. The minimum Gasteiger partial charge on any atom is -0.483 e. The molecule has 0 bridgehead atoms. The first-order valence-electron chi connectivity index (χ1n) is 6.49. The molecule has 0 saturated carbocycles. The summed E-state index contributed by atoms with van der Waals surface area (Å²) in [7, 11) is 3.70. The van der Waals surface area contributed by atoms with Crippen LogP contribution in [0.25, 0.3) is 11.3 Å². The van der Waals surface area contributed by atoms with E-state index >= 15 is 0 Å². The third-order valence-electron chi connectivity index (χ3n) is 3.25. The molecule has 2 aromatic rings. The number of carbonyl (C=O) groups is 1. The highest BCUT2D eigenvalue weighted by molar-refractivity contribution is 5.64. The van der Waals surface area contributed by atoms with E-state index in [1.165, 1.54) is 5.56 Å². The number of nitrogens with zero attached hydrogens (tertiary/aromatic N) is 3. The summed E-state index contributed by atoms with van der Waals surface area (Å²) in [5, 5.41) is 6.89. The van der Waals surface area contributed by atoms with Gasteiger partial charge in [-0.15, -0.1) is 0 Å². The van der Waals surface area contributed by atoms with Crippen molar-refractivity contribution in [1.82, 2.24) is 9.97 Å². The molecule has 6 heteroatoms. The lowest BCUT2D eigenvalue weighted by molar-refractivity contribution is -0.122. The molecule has 0 aliphatic carbocycles. The van der Waals surface area contributed by atoms with Crippen molar-refractivity contribution in [2.24, 2.45) is 0 Å². The van der Waals surface area contributed by atoms with Gasteiger partial charge in [-0.05, 0) is 24.1 Å². The third-order valence-corrected chi connectivity index (χ3v) is 3.25. The molecule has 0 amide bonds. The van der Waals surface area contributed by atoms with Gasteiger partial charge in [-0.3, -0.25) is 4.79 Å². The highest BCUT2D eigenvalue weighted by atomic mass is 16.5. The summed E-state index contributed by atoms with van der Waals surface area (Å²) in [5.41, 5.74) is 3.24. The molecule has 0 fully saturated rings. The number of methoxy groups -OCH3 is 1. The molecule has 2 aromatic heterocycles. The third kappa shape index (κ3) is 3.28. The highest BCUT2D eigenvalue weighted by Crippen LogP contribution is 2.28. The summed E-state index contributed by atoms with van der Waals surface area (Å²) in [5.74, 6) is 1.71. The number of likely N-dealkylation sites (N-methyl/N-ethyl adjacent to an activating group) is 1. The summed E-state index contributed by atoms with van der Waals surface area (Å²) < 4.78 is 5.15. The van der Waals surface area contributed by atoms with Crippen molar-refractivity contribution in [2.45, 2.75) is 6.42 Å². The summed E-state index contributed by atoms with van der Waals surface area (Å²) >= 11 is 0. The molecule has 6 nitrogen and oxygen atoms in total. The van der Waals surface area contributed by atoms with Crippen molar-refractivity contribution in [3.8, 4) is 17.1 Å². The number of carboxylic acid groups (broad SMARTS) is 1. The minimum absolute atomic E-state index is 0.250. The first-order valence-corrected chi connectivity index (χ1v) is 6.49. The van der Waals surface area contributed by atoms with Gasteiger partial charge in [0.15, 0.2) is 0 Å². The van der Waals surface area contributed by atoms with Crippen LogP contribution in [0, 0.1) is 0 Å². The molecule has 1 aliphatic rings. The lowest BCUT2D eigenvalue weighted by atomic mass is 10.1. The predicted molar refractivity (Wildman–Crippen MR) is 79.7 cm³/mol. The van der Waals surface area contributed by atoms with Crippen molar-refractivity contribution in [1.29, 1.82) is 0 Å². The van der Waals surface area contributed by atoms with Crippen LogP contribution in [0.1, 0.15) is 5.56 Å². The molecular formula is C15H17N3O3. The molecule has 0 atom stereocenters. The van der Waals surface area contributed by atoms with Crippen LogP contribution in [0.15, 0.2) is 30.5 Å². The maximum Gasteiger partial charge on any atom is 0.290 e. The van der Waals surface area contributed by atoms with Crippen LogP contribution in [0.4, 0.5) is 5.82 Å². The Morgan fingerprint density at radius 1 is 1.43 bits per heavy atom. The normalized spacial score (nSPS) is 12.2. The second-order valence-electron chi connectivity index (χ2n) is 4.55. The molecule has 1 aliphatic heterocycles. The lowest BCUT2D eigenvalue weighted by Gasteiger charge is -2.10. The monoisotopic (exact) mass is 287 g/mol. The SMILES string of the molecule is COc1cccc(-c2cnc3c(c2)CCN3C)n1.O=CO. The average Bonchev–Trinajstić information content (AvgIpc) is 2.89. The van der Waals surface area contributed by atoms with Gasteiger partial charge >= 0.3 is 0 Å². The van der Waals surface area contributed by atoms with Gasteiger partial charge in [0.2, 0.25) is 5.88 Å². The molecule has 0 radical (unpaired) electrons. The topological polar surface area (TPSA) is 75.5 Å². The Morgan fingerprint density at radius 2 is 2.19 bits per heavy atom. The van der Waals surface area contributed by atoms with E-state index in [4.69, 9.17) is 14.6 Å². The number of rotatable bonds is 2. The Balaban J connectivity index is 0.000000497. The van der Waals surface area contributed by atoms with E-state index in [-0.39, 0.29) is 6.47 Å². The molecule has 0 unspecified atom stereocenters. The summed E-state index contributed by atoms with van der Waals surface area (Å²) in [6.45, 7) is 0.789. The standard InChI is InChI=1S/C14H15N3O.CH2O2/c1-17-7-6-10-8-11(9-15-14(10)17)12-4-3-5-13(16-12)18-2;2-1-3/h3-5,8-9H,6-7H2,1-2H3;1H,(H,2,3). The quantitative estimate of drug-likeness (QED) is 0.849. The fourth-order valence-corrected chi connectivity index (χ4v) is 2.25. The van der Waals surface area contributed by atoms with Crippen LogP contribution in [0.5, 0.6) is 5.88 Å². The first-order chi connectivity index (χ1) is 10.2. The summed E-state index contributed by atoms with van der Waals surface area (Å²) in [4.78, 5) is 19.5. The predicted octanol–water partition coefficient (Wildman–Crippen LogP) is 1.85. The van der Waals surface area contributed by atoms with E-state index in [0.29, 0.717) is 5.88 Å². The molecule has 110 valence electrons. The second kappa shape index (κ2) is 6.69. The van der Waals surface area contributed by atoms with Crippen molar-refractivity contribution < 1.29 is 14.6 Å². The number of hydrogen-bond donors (Lipinski definition) is 1. The van der Waals surface area contributed by atoms with Gasteiger partial charge in [-0.2, -0.15) is 0 Å². The smallest absolute Gasteiger partial charge is 0.290 e. The van der Waals surface area contributed by atoms with E-state index in [9.17, 15) is 0 Å². The van der Waals surface area contributed by atoms with Gasteiger partial charge in [-0.25, -0.2) is 9.97 Å². The largest absolute Gasteiger partial charge is 0.483 e. The van der Waals surface area contributed by atoms with Crippen LogP contribution in [-0.4, -0.2) is 42.2 Å². The molecule has 0 aromatic carbocycles.